The molecule has 1 aromatic carbocycles. The fourth-order valence-corrected chi connectivity index (χ4v) is 2.62. The van der Waals surface area contributed by atoms with Crippen molar-refractivity contribution in [3.8, 4) is 0 Å². The van der Waals surface area contributed by atoms with E-state index < -0.39 is 15.9 Å². The number of aryl methyl sites for hydroxylation is 1. The highest BCUT2D eigenvalue weighted by Crippen LogP contribution is 2.27. The van der Waals surface area contributed by atoms with E-state index in [1.54, 1.807) is 12.1 Å². The Bertz CT molecular complexity index is 550. The quantitative estimate of drug-likeness (QED) is 0.684. The van der Waals surface area contributed by atoms with Gasteiger partial charge in [0.15, 0.2) is 0 Å². The first-order chi connectivity index (χ1) is 9.04. The zero-order valence-electron chi connectivity index (χ0n) is 12.8. The number of hydrogen-bond acceptors (Lipinski definition) is 3. The normalized spacial score (nSPS) is 14.9. The Hall–Kier alpha value is -1.27. The fourth-order valence-electron chi connectivity index (χ4n) is 1.82. The van der Waals surface area contributed by atoms with E-state index in [9.17, 15) is 14.3 Å². The van der Waals surface area contributed by atoms with E-state index in [1.807, 2.05) is 41.5 Å². The number of non-ortho nitro benzene ring substituents is 1. The molecule has 0 aliphatic carbocycles. The van der Waals surface area contributed by atoms with E-state index in [-0.39, 0.29) is 16.5 Å². The van der Waals surface area contributed by atoms with Crippen molar-refractivity contribution in [3.63, 3.8) is 0 Å². The standard InChI is InChI=1S/C14H22N2O3S/c1-9-7-12(16(17)18)8-13(10(9)2)11(3)15-20(19)14(4,5)6/h7-8,11,15H,1-6H3/t11-,20+/m1/s1. The van der Waals surface area contributed by atoms with E-state index in [0.29, 0.717) is 0 Å². The molecule has 0 aromatic heterocycles. The Labute approximate surface area is 122 Å². The highest BCUT2D eigenvalue weighted by Gasteiger charge is 2.23. The van der Waals surface area contributed by atoms with Crippen LogP contribution in [0.25, 0.3) is 0 Å². The first kappa shape index (κ1) is 16.8. The lowest BCUT2D eigenvalue weighted by atomic mass is 9.98. The second kappa shape index (κ2) is 6.01. The van der Waals surface area contributed by atoms with E-state index >= 15 is 0 Å². The number of hydrogen-bond donors (Lipinski definition) is 1. The first-order valence-electron chi connectivity index (χ1n) is 6.47. The predicted octanol–water partition coefficient (Wildman–Crippen LogP) is 3.32. The topological polar surface area (TPSA) is 72.2 Å². The molecule has 0 fully saturated rings. The molecule has 6 heteroatoms. The molecule has 0 bridgehead atoms. The smallest absolute Gasteiger partial charge is 0.258 e. The van der Waals surface area contributed by atoms with Crippen LogP contribution in [0.5, 0.6) is 0 Å². The van der Waals surface area contributed by atoms with Gasteiger partial charge in [0.05, 0.1) is 20.7 Å². The van der Waals surface area contributed by atoms with Gasteiger partial charge in [0.1, 0.15) is 0 Å². The summed E-state index contributed by atoms with van der Waals surface area (Å²) in [5.74, 6) is 0. The van der Waals surface area contributed by atoms with E-state index in [0.717, 1.165) is 16.7 Å². The molecule has 0 unspecified atom stereocenters. The van der Waals surface area contributed by atoms with Gasteiger partial charge in [-0.25, -0.2) is 8.93 Å². The Morgan fingerprint density at radius 2 is 1.85 bits per heavy atom. The van der Waals surface area contributed by atoms with Crippen molar-refractivity contribution < 1.29 is 9.13 Å². The molecule has 20 heavy (non-hydrogen) atoms. The minimum atomic E-state index is -1.22. The van der Waals surface area contributed by atoms with Crippen LogP contribution in [-0.4, -0.2) is 13.9 Å². The molecule has 0 saturated heterocycles. The van der Waals surface area contributed by atoms with Crippen molar-refractivity contribution in [1.82, 2.24) is 4.72 Å². The van der Waals surface area contributed by atoms with Crippen LogP contribution >= 0.6 is 0 Å². The van der Waals surface area contributed by atoms with E-state index in [4.69, 9.17) is 0 Å². The van der Waals surface area contributed by atoms with Crippen molar-refractivity contribution in [2.45, 2.75) is 52.3 Å². The highest BCUT2D eigenvalue weighted by atomic mass is 32.2. The monoisotopic (exact) mass is 298 g/mol. The van der Waals surface area contributed by atoms with Crippen LogP contribution in [0, 0.1) is 24.0 Å². The average Bonchev–Trinajstić information content (AvgIpc) is 2.30. The lowest BCUT2D eigenvalue weighted by Crippen LogP contribution is -2.35. The summed E-state index contributed by atoms with van der Waals surface area (Å²) in [6.07, 6.45) is 0. The summed E-state index contributed by atoms with van der Waals surface area (Å²) in [5.41, 5.74) is 2.73. The Kier molecular flexibility index (Phi) is 5.05. The number of nitro benzene ring substituents is 1. The maximum absolute atomic E-state index is 12.1. The summed E-state index contributed by atoms with van der Waals surface area (Å²) in [4.78, 5) is 10.5. The molecule has 1 rings (SSSR count). The Balaban J connectivity index is 3.13. The first-order valence-corrected chi connectivity index (χ1v) is 7.62. The molecule has 0 radical (unpaired) electrons. The molecule has 0 aliphatic heterocycles. The zero-order chi connectivity index (χ0) is 15.7. The Morgan fingerprint density at radius 3 is 2.30 bits per heavy atom. The Morgan fingerprint density at radius 1 is 1.30 bits per heavy atom. The summed E-state index contributed by atoms with van der Waals surface area (Å²) in [7, 11) is -1.22. The predicted molar refractivity (Wildman–Crippen MR) is 82.0 cm³/mol. The van der Waals surface area contributed by atoms with Crippen LogP contribution in [0.1, 0.15) is 50.4 Å². The van der Waals surface area contributed by atoms with Gasteiger partial charge in [0.25, 0.3) is 5.69 Å². The van der Waals surface area contributed by atoms with Crippen molar-refractivity contribution >= 4 is 16.7 Å². The van der Waals surface area contributed by atoms with Crippen LogP contribution in [0.15, 0.2) is 12.1 Å². The molecular formula is C14H22N2O3S. The summed E-state index contributed by atoms with van der Waals surface area (Å²) in [5, 5.41) is 10.9. The minimum absolute atomic E-state index is 0.0679. The van der Waals surface area contributed by atoms with Gasteiger partial charge in [-0.3, -0.25) is 10.1 Å². The molecule has 1 aromatic rings. The van der Waals surface area contributed by atoms with E-state index in [2.05, 4.69) is 4.72 Å². The maximum Gasteiger partial charge on any atom is 0.270 e. The number of nitrogens with zero attached hydrogens (tertiary/aromatic N) is 1. The van der Waals surface area contributed by atoms with Gasteiger partial charge in [-0.05, 0) is 58.2 Å². The third-order valence-corrected chi connectivity index (χ3v) is 4.89. The minimum Gasteiger partial charge on any atom is -0.258 e. The van der Waals surface area contributed by atoms with Crippen LogP contribution in [0.2, 0.25) is 0 Å². The number of nitrogens with one attached hydrogen (secondary N) is 1. The molecule has 1 N–H and O–H groups in total. The fraction of sp³-hybridized carbons (Fsp3) is 0.571. The van der Waals surface area contributed by atoms with Gasteiger partial charge in [-0.2, -0.15) is 0 Å². The molecule has 0 aliphatic rings. The van der Waals surface area contributed by atoms with Gasteiger partial charge in [-0.1, -0.05) is 0 Å². The van der Waals surface area contributed by atoms with Crippen LogP contribution < -0.4 is 4.72 Å². The maximum atomic E-state index is 12.1. The molecule has 112 valence electrons. The van der Waals surface area contributed by atoms with Crippen molar-refractivity contribution in [1.29, 1.82) is 0 Å². The van der Waals surface area contributed by atoms with Gasteiger partial charge < -0.3 is 0 Å². The van der Waals surface area contributed by atoms with E-state index in [1.165, 1.54) is 0 Å². The molecule has 0 heterocycles. The molecule has 0 amide bonds. The zero-order valence-corrected chi connectivity index (χ0v) is 13.6. The highest BCUT2D eigenvalue weighted by molar-refractivity contribution is 7.84. The van der Waals surface area contributed by atoms with Gasteiger partial charge in [0, 0.05) is 18.2 Å². The SMILES string of the molecule is Cc1cc([N+](=O)[O-])cc([C@@H](C)N[S@@](=O)C(C)(C)C)c1C. The number of benzene rings is 1. The summed E-state index contributed by atoms with van der Waals surface area (Å²) in [6.45, 7) is 11.3. The third-order valence-electron chi connectivity index (χ3n) is 3.21. The van der Waals surface area contributed by atoms with Crippen LogP contribution in [-0.2, 0) is 11.0 Å². The second-order valence-electron chi connectivity index (χ2n) is 5.95. The summed E-state index contributed by atoms with van der Waals surface area (Å²) >= 11 is 0. The van der Waals surface area contributed by atoms with Gasteiger partial charge in [0.2, 0.25) is 0 Å². The van der Waals surface area contributed by atoms with Crippen molar-refractivity contribution in [3.05, 3.63) is 38.9 Å². The van der Waals surface area contributed by atoms with Gasteiger partial charge in [-0.15, -0.1) is 0 Å². The molecule has 0 saturated carbocycles. The average molecular weight is 298 g/mol. The number of rotatable bonds is 4. The van der Waals surface area contributed by atoms with Crippen molar-refractivity contribution in [2.24, 2.45) is 0 Å². The molecular weight excluding hydrogens is 276 g/mol. The summed E-state index contributed by atoms with van der Waals surface area (Å²) < 4.78 is 14.8. The third kappa shape index (κ3) is 3.86. The molecule has 5 nitrogen and oxygen atoms in total. The largest absolute Gasteiger partial charge is 0.270 e. The molecule has 0 spiro atoms. The van der Waals surface area contributed by atoms with Crippen LogP contribution in [0.4, 0.5) is 5.69 Å². The lowest BCUT2D eigenvalue weighted by molar-refractivity contribution is -0.385. The molecule has 2 atom stereocenters. The second-order valence-corrected chi connectivity index (χ2v) is 7.95. The number of nitro groups is 1. The lowest BCUT2D eigenvalue weighted by Gasteiger charge is -2.23. The summed E-state index contributed by atoms with van der Waals surface area (Å²) in [6, 6.07) is 2.90. The van der Waals surface area contributed by atoms with Crippen LogP contribution in [0.3, 0.4) is 0 Å². The van der Waals surface area contributed by atoms with Gasteiger partial charge >= 0.3 is 0 Å². The van der Waals surface area contributed by atoms with Crippen molar-refractivity contribution in [2.75, 3.05) is 0 Å².